The first-order valence-corrected chi connectivity index (χ1v) is 9.04. The molecular formula is C20H45N3. The van der Waals surface area contributed by atoms with Crippen LogP contribution in [0, 0.1) is 10.8 Å². The lowest BCUT2D eigenvalue weighted by atomic mass is 9.75. The molecule has 0 fully saturated rings. The van der Waals surface area contributed by atoms with Crippen LogP contribution in [0.4, 0.5) is 0 Å². The van der Waals surface area contributed by atoms with E-state index < -0.39 is 0 Å². The Hall–Kier alpha value is -0.120. The van der Waals surface area contributed by atoms with Crippen molar-refractivity contribution in [2.75, 3.05) is 41.3 Å². The predicted octanol–water partition coefficient (Wildman–Crippen LogP) is 4.09. The Morgan fingerprint density at radius 2 is 0.826 bits per heavy atom. The number of hydrogen-bond donors (Lipinski definition) is 1. The van der Waals surface area contributed by atoms with Gasteiger partial charge in [-0.1, -0.05) is 27.7 Å². The van der Waals surface area contributed by atoms with Crippen molar-refractivity contribution in [3.8, 4) is 0 Å². The number of nitrogens with zero attached hydrogens (tertiary/aromatic N) is 2. The van der Waals surface area contributed by atoms with Gasteiger partial charge in [0.1, 0.15) is 0 Å². The van der Waals surface area contributed by atoms with Gasteiger partial charge >= 0.3 is 0 Å². The van der Waals surface area contributed by atoms with Gasteiger partial charge in [-0.05, 0) is 79.6 Å². The monoisotopic (exact) mass is 327 g/mol. The van der Waals surface area contributed by atoms with Crippen LogP contribution >= 0.6 is 0 Å². The van der Waals surface area contributed by atoms with E-state index in [0.29, 0.717) is 10.8 Å². The largest absolute Gasteiger partial charge is 0.309 e. The molecule has 1 N–H and O–H groups in total. The van der Waals surface area contributed by atoms with Crippen LogP contribution < -0.4 is 5.32 Å². The van der Waals surface area contributed by atoms with Crippen LogP contribution in [0.5, 0.6) is 0 Å². The quantitative estimate of drug-likeness (QED) is 0.652. The van der Waals surface area contributed by atoms with Crippen molar-refractivity contribution in [2.24, 2.45) is 10.8 Å². The van der Waals surface area contributed by atoms with E-state index in [-0.39, 0.29) is 11.1 Å². The Morgan fingerprint density at radius 3 is 1.04 bits per heavy atom. The molecule has 0 aliphatic heterocycles. The highest BCUT2D eigenvalue weighted by Gasteiger charge is 2.36. The van der Waals surface area contributed by atoms with Crippen LogP contribution in [0.1, 0.15) is 68.2 Å². The minimum atomic E-state index is 0.122. The molecule has 0 spiro atoms. The summed E-state index contributed by atoms with van der Waals surface area (Å²) in [5.74, 6) is 0. The Balaban J connectivity index is 4.85. The molecule has 0 aromatic heterocycles. The molecule has 0 aliphatic rings. The van der Waals surface area contributed by atoms with Gasteiger partial charge in [0.15, 0.2) is 0 Å². The lowest BCUT2D eigenvalue weighted by Crippen LogP contribution is -2.56. The first-order chi connectivity index (χ1) is 9.95. The minimum absolute atomic E-state index is 0.122. The van der Waals surface area contributed by atoms with Crippen molar-refractivity contribution < 1.29 is 0 Å². The van der Waals surface area contributed by atoms with Gasteiger partial charge < -0.3 is 15.1 Å². The molecule has 0 saturated carbocycles. The van der Waals surface area contributed by atoms with Crippen LogP contribution in [-0.4, -0.2) is 62.2 Å². The Morgan fingerprint density at radius 1 is 0.565 bits per heavy atom. The molecule has 0 unspecified atom stereocenters. The van der Waals surface area contributed by atoms with E-state index in [2.05, 4.69) is 98.7 Å². The van der Waals surface area contributed by atoms with Gasteiger partial charge in [0.2, 0.25) is 0 Å². The zero-order valence-corrected chi connectivity index (χ0v) is 18.2. The van der Waals surface area contributed by atoms with E-state index in [1.165, 1.54) is 0 Å². The summed E-state index contributed by atoms with van der Waals surface area (Å²) in [6, 6.07) is 0. The van der Waals surface area contributed by atoms with E-state index in [4.69, 9.17) is 0 Å². The van der Waals surface area contributed by atoms with Gasteiger partial charge in [-0.25, -0.2) is 0 Å². The minimum Gasteiger partial charge on any atom is -0.309 e. The van der Waals surface area contributed by atoms with Crippen molar-refractivity contribution in [1.82, 2.24) is 15.1 Å². The fourth-order valence-electron chi connectivity index (χ4n) is 5.22. The summed E-state index contributed by atoms with van der Waals surface area (Å²) >= 11 is 0. The topological polar surface area (TPSA) is 18.5 Å². The highest BCUT2D eigenvalue weighted by molar-refractivity contribution is 4.95. The normalized spacial score (nSPS) is 14.9. The van der Waals surface area contributed by atoms with Crippen LogP contribution in [0.3, 0.4) is 0 Å². The van der Waals surface area contributed by atoms with E-state index in [0.717, 1.165) is 25.9 Å². The van der Waals surface area contributed by atoms with Crippen molar-refractivity contribution >= 4 is 0 Å². The first-order valence-electron chi connectivity index (χ1n) is 9.04. The highest BCUT2D eigenvalue weighted by atomic mass is 15.1. The molecule has 0 atom stereocenters. The average molecular weight is 328 g/mol. The number of hydrogen-bond acceptors (Lipinski definition) is 3. The molecule has 0 aromatic carbocycles. The molecule has 0 heterocycles. The molecule has 140 valence electrons. The predicted molar refractivity (Wildman–Crippen MR) is 105 cm³/mol. The molecule has 0 radical (unpaired) electrons. The third-order valence-electron chi connectivity index (χ3n) is 4.01. The third-order valence-corrected chi connectivity index (χ3v) is 4.01. The summed E-state index contributed by atoms with van der Waals surface area (Å²) in [6.07, 6.45) is 2.32. The van der Waals surface area contributed by atoms with E-state index >= 15 is 0 Å². The fourth-order valence-corrected chi connectivity index (χ4v) is 5.22. The van der Waals surface area contributed by atoms with Crippen LogP contribution in [0.2, 0.25) is 0 Å². The van der Waals surface area contributed by atoms with Crippen molar-refractivity contribution in [3.05, 3.63) is 0 Å². The molecular weight excluding hydrogens is 282 g/mol. The summed E-state index contributed by atoms with van der Waals surface area (Å²) in [4.78, 5) is 4.59. The lowest BCUT2D eigenvalue weighted by molar-refractivity contribution is 0.114. The zero-order chi connectivity index (χ0) is 18.7. The van der Waals surface area contributed by atoms with Crippen molar-refractivity contribution in [1.29, 1.82) is 0 Å². The second-order valence-corrected chi connectivity index (χ2v) is 11.1. The van der Waals surface area contributed by atoms with Gasteiger partial charge in [0, 0.05) is 24.2 Å². The van der Waals surface area contributed by atoms with Gasteiger partial charge in [-0.15, -0.1) is 0 Å². The Kier molecular flexibility index (Phi) is 7.80. The Bertz CT molecular complexity index is 318. The molecule has 23 heavy (non-hydrogen) atoms. The standard InChI is InChI=1S/C20H45N3/c1-17(2,15-22(9)10)13-19(5,6)21-20(7,8)14-18(3,4)16-23(11)12/h21H,13-16H2,1-12H3. The average Bonchev–Trinajstić information content (AvgIpc) is 2.02. The zero-order valence-electron chi connectivity index (χ0n) is 18.2. The summed E-state index contributed by atoms with van der Waals surface area (Å²) in [5, 5.41) is 3.95. The molecule has 0 amide bonds. The molecule has 0 rings (SSSR count). The molecule has 3 heteroatoms. The smallest absolute Gasteiger partial charge is 0.0135 e. The van der Waals surface area contributed by atoms with Gasteiger partial charge in [-0.3, -0.25) is 0 Å². The van der Waals surface area contributed by atoms with E-state index in [1.54, 1.807) is 0 Å². The second kappa shape index (κ2) is 7.84. The molecule has 0 saturated heterocycles. The van der Waals surface area contributed by atoms with Crippen LogP contribution in [-0.2, 0) is 0 Å². The van der Waals surface area contributed by atoms with E-state index in [9.17, 15) is 0 Å². The maximum atomic E-state index is 3.95. The second-order valence-electron chi connectivity index (χ2n) is 11.1. The van der Waals surface area contributed by atoms with Gasteiger partial charge in [0.25, 0.3) is 0 Å². The van der Waals surface area contributed by atoms with Gasteiger partial charge in [-0.2, -0.15) is 0 Å². The van der Waals surface area contributed by atoms with E-state index in [1.807, 2.05) is 0 Å². The summed E-state index contributed by atoms with van der Waals surface area (Å²) in [7, 11) is 8.65. The third kappa shape index (κ3) is 11.1. The summed E-state index contributed by atoms with van der Waals surface area (Å²) in [6.45, 7) is 21.1. The molecule has 3 nitrogen and oxygen atoms in total. The van der Waals surface area contributed by atoms with Crippen molar-refractivity contribution in [2.45, 2.75) is 79.3 Å². The Labute approximate surface area is 147 Å². The summed E-state index contributed by atoms with van der Waals surface area (Å²) in [5.41, 5.74) is 0.846. The fraction of sp³-hybridized carbons (Fsp3) is 1.00. The maximum Gasteiger partial charge on any atom is 0.0135 e. The van der Waals surface area contributed by atoms with Crippen molar-refractivity contribution in [3.63, 3.8) is 0 Å². The van der Waals surface area contributed by atoms with Crippen LogP contribution in [0.15, 0.2) is 0 Å². The number of rotatable bonds is 10. The lowest BCUT2D eigenvalue weighted by Gasteiger charge is -2.45. The molecule has 0 bridgehead atoms. The van der Waals surface area contributed by atoms with Crippen LogP contribution in [0.25, 0.3) is 0 Å². The number of nitrogens with one attached hydrogen (secondary N) is 1. The maximum absolute atomic E-state index is 3.95. The molecule has 0 aromatic rings. The first kappa shape index (κ1) is 22.9. The SMILES string of the molecule is CN(C)CC(C)(C)CC(C)(C)NC(C)(C)CC(C)(C)CN(C)C. The van der Waals surface area contributed by atoms with Gasteiger partial charge in [0.05, 0.1) is 0 Å². The summed E-state index contributed by atoms with van der Waals surface area (Å²) < 4.78 is 0. The highest BCUT2D eigenvalue weighted by Crippen LogP contribution is 2.33. The molecule has 0 aliphatic carbocycles.